The van der Waals surface area contributed by atoms with Gasteiger partial charge in [-0.1, -0.05) is 50.5 Å². The molecule has 1 amide bonds. The van der Waals surface area contributed by atoms with Crippen molar-refractivity contribution in [3.63, 3.8) is 0 Å². The molecule has 0 aliphatic carbocycles. The highest BCUT2D eigenvalue weighted by Gasteiger charge is 2.12. The Morgan fingerprint density at radius 1 is 1.18 bits per heavy atom. The molecule has 1 aliphatic rings. The predicted octanol–water partition coefficient (Wildman–Crippen LogP) is 3.88. The van der Waals surface area contributed by atoms with Gasteiger partial charge in [0.1, 0.15) is 5.01 Å². The standard InChI is InChI=1S/C22H31N3O2S/c1-2-3-4-5-10-23-21(26)15-20-17-28-22(24-20)19-8-6-18(7-9-19)16-25-11-13-27-14-12-25/h6-9,17H,2-5,10-16H2,1H3,(H,23,26). The van der Waals surface area contributed by atoms with Gasteiger partial charge in [-0.05, 0) is 12.0 Å². The second-order valence-corrected chi connectivity index (χ2v) is 8.17. The molecule has 6 heteroatoms. The van der Waals surface area contributed by atoms with Gasteiger partial charge in [0.05, 0.1) is 25.3 Å². The van der Waals surface area contributed by atoms with E-state index in [0.29, 0.717) is 6.42 Å². The zero-order valence-corrected chi connectivity index (χ0v) is 17.6. The van der Waals surface area contributed by atoms with Crippen molar-refractivity contribution in [3.05, 3.63) is 40.9 Å². The summed E-state index contributed by atoms with van der Waals surface area (Å²) in [4.78, 5) is 19.1. The van der Waals surface area contributed by atoms with Crippen molar-refractivity contribution in [2.24, 2.45) is 0 Å². The molecule has 1 aliphatic heterocycles. The van der Waals surface area contributed by atoms with Gasteiger partial charge in [0.15, 0.2) is 0 Å². The van der Waals surface area contributed by atoms with Gasteiger partial charge in [0.2, 0.25) is 5.91 Å². The number of benzene rings is 1. The van der Waals surface area contributed by atoms with Crippen molar-refractivity contribution in [2.45, 2.75) is 45.6 Å². The van der Waals surface area contributed by atoms with Crippen molar-refractivity contribution < 1.29 is 9.53 Å². The first-order valence-electron chi connectivity index (χ1n) is 10.3. The van der Waals surface area contributed by atoms with Crippen molar-refractivity contribution in [1.29, 1.82) is 0 Å². The lowest BCUT2D eigenvalue weighted by Crippen LogP contribution is -2.35. The van der Waals surface area contributed by atoms with Gasteiger partial charge in [-0.2, -0.15) is 0 Å². The molecule has 0 bridgehead atoms. The van der Waals surface area contributed by atoms with Crippen molar-refractivity contribution in [2.75, 3.05) is 32.8 Å². The van der Waals surface area contributed by atoms with E-state index in [-0.39, 0.29) is 5.91 Å². The highest BCUT2D eigenvalue weighted by atomic mass is 32.1. The van der Waals surface area contributed by atoms with E-state index in [2.05, 4.69) is 46.4 Å². The summed E-state index contributed by atoms with van der Waals surface area (Å²) >= 11 is 1.60. The molecular formula is C22H31N3O2S. The molecule has 2 aromatic rings. The molecular weight excluding hydrogens is 370 g/mol. The SMILES string of the molecule is CCCCCCNC(=O)Cc1csc(-c2ccc(CN3CCOCC3)cc2)n1. The van der Waals surface area contributed by atoms with Crippen LogP contribution in [-0.4, -0.2) is 48.6 Å². The zero-order valence-electron chi connectivity index (χ0n) is 16.8. The summed E-state index contributed by atoms with van der Waals surface area (Å²) in [6.45, 7) is 7.57. The van der Waals surface area contributed by atoms with Crippen LogP contribution in [0, 0.1) is 0 Å². The van der Waals surface area contributed by atoms with E-state index in [1.165, 1.54) is 24.8 Å². The van der Waals surface area contributed by atoms with E-state index < -0.39 is 0 Å². The number of nitrogens with one attached hydrogen (secondary N) is 1. The molecule has 28 heavy (non-hydrogen) atoms. The summed E-state index contributed by atoms with van der Waals surface area (Å²) in [5, 5.41) is 5.97. The van der Waals surface area contributed by atoms with E-state index >= 15 is 0 Å². The zero-order chi connectivity index (χ0) is 19.6. The van der Waals surface area contributed by atoms with Crippen LogP contribution in [-0.2, 0) is 22.5 Å². The minimum absolute atomic E-state index is 0.0641. The summed E-state index contributed by atoms with van der Waals surface area (Å²) in [6, 6.07) is 8.61. The fourth-order valence-electron chi connectivity index (χ4n) is 3.30. The first-order valence-corrected chi connectivity index (χ1v) is 11.2. The molecule has 1 saturated heterocycles. The van der Waals surface area contributed by atoms with E-state index in [0.717, 1.165) is 62.1 Å². The lowest BCUT2D eigenvalue weighted by molar-refractivity contribution is -0.120. The Bertz CT molecular complexity index is 724. The molecule has 0 saturated carbocycles. The Balaban J connectivity index is 1.47. The smallest absolute Gasteiger partial charge is 0.226 e. The summed E-state index contributed by atoms with van der Waals surface area (Å²) in [7, 11) is 0. The average Bonchev–Trinajstić information content (AvgIpc) is 3.17. The van der Waals surface area contributed by atoms with Crippen LogP contribution in [0.25, 0.3) is 10.6 Å². The summed E-state index contributed by atoms with van der Waals surface area (Å²) in [5.41, 5.74) is 3.27. The van der Waals surface area contributed by atoms with Crippen LogP contribution >= 0.6 is 11.3 Å². The number of carbonyl (C=O) groups excluding carboxylic acids is 1. The number of carbonyl (C=O) groups is 1. The van der Waals surface area contributed by atoms with Gasteiger partial charge in [0, 0.05) is 37.1 Å². The van der Waals surface area contributed by atoms with Crippen molar-refractivity contribution >= 4 is 17.2 Å². The number of aromatic nitrogens is 1. The maximum absolute atomic E-state index is 12.1. The molecule has 1 aromatic carbocycles. The molecule has 0 spiro atoms. The molecule has 3 rings (SSSR count). The van der Waals surface area contributed by atoms with Crippen LogP contribution in [0.2, 0.25) is 0 Å². The Hall–Kier alpha value is -1.76. The fraction of sp³-hybridized carbons (Fsp3) is 0.545. The largest absolute Gasteiger partial charge is 0.379 e. The number of amides is 1. The van der Waals surface area contributed by atoms with Gasteiger partial charge in [-0.15, -0.1) is 11.3 Å². The van der Waals surface area contributed by atoms with E-state index in [1.807, 2.05) is 5.38 Å². The van der Waals surface area contributed by atoms with Gasteiger partial charge in [-0.25, -0.2) is 4.98 Å². The molecule has 1 fully saturated rings. The van der Waals surface area contributed by atoms with E-state index in [4.69, 9.17) is 4.74 Å². The van der Waals surface area contributed by atoms with Crippen molar-refractivity contribution in [1.82, 2.24) is 15.2 Å². The second-order valence-electron chi connectivity index (χ2n) is 7.32. The third kappa shape index (κ3) is 6.69. The summed E-state index contributed by atoms with van der Waals surface area (Å²) in [6.07, 6.45) is 5.04. The molecule has 1 N–H and O–H groups in total. The minimum atomic E-state index is 0.0641. The van der Waals surface area contributed by atoms with Gasteiger partial charge >= 0.3 is 0 Å². The van der Waals surface area contributed by atoms with Gasteiger partial charge < -0.3 is 10.1 Å². The average molecular weight is 402 g/mol. The third-order valence-corrected chi connectivity index (χ3v) is 5.90. The second kappa shape index (κ2) is 11.3. The maximum atomic E-state index is 12.1. The lowest BCUT2D eigenvalue weighted by atomic mass is 10.1. The van der Waals surface area contributed by atoms with E-state index in [1.54, 1.807) is 11.3 Å². The first-order chi connectivity index (χ1) is 13.7. The predicted molar refractivity (Wildman–Crippen MR) is 115 cm³/mol. The number of rotatable bonds is 10. The van der Waals surface area contributed by atoms with Crippen LogP contribution < -0.4 is 5.32 Å². The summed E-state index contributed by atoms with van der Waals surface area (Å²) in [5.74, 6) is 0.0641. The fourth-order valence-corrected chi connectivity index (χ4v) is 4.12. The lowest BCUT2D eigenvalue weighted by Gasteiger charge is -2.26. The molecule has 2 heterocycles. The normalized spacial score (nSPS) is 14.9. The maximum Gasteiger partial charge on any atom is 0.226 e. The molecule has 0 radical (unpaired) electrons. The number of hydrogen-bond acceptors (Lipinski definition) is 5. The Kier molecular flexibility index (Phi) is 8.45. The van der Waals surface area contributed by atoms with Crippen LogP contribution in [0.1, 0.15) is 43.9 Å². The number of ether oxygens (including phenoxy) is 1. The number of hydrogen-bond donors (Lipinski definition) is 1. The third-order valence-electron chi connectivity index (χ3n) is 4.96. The van der Waals surface area contributed by atoms with Crippen LogP contribution in [0.4, 0.5) is 0 Å². The first kappa shape index (κ1) is 21.0. The molecule has 0 unspecified atom stereocenters. The number of nitrogens with zero attached hydrogens (tertiary/aromatic N) is 2. The topological polar surface area (TPSA) is 54.5 Å². The Labute approximate surface area is 172 Å². The summed E-state index contributed by atoms with van der Waals surface area (Å²) < 4.78 is 5.40. The monoisotopic (exact) mass is 401 g/mol. The molecule has 0 atom stereocenters. The number of morpholine rings is 1. The highest BCUT2D eigenvalue weighted by molar-refractivity contribution is 7.13. The Morgan fingerprint density at radius 2 is 1.96 bits per heavy atom. The number of thiazole rings is 1. The number of unbranched alkanes of at least 4 members (excludes halogenated alkanes) is 3. The molecule has 152 valence electrons. The van der Waals surface area contributed by atoms with Gasteiger partial charge in [-0.3, -0.25) is 9.69 Å². The van der Waals surface area contributed by atoms with Gasteiger partial charge in [0.25, 0.3) is 0 Å². The van der Waals surface area contributed by atoms with Crippen molar-refractivity contribution in [3.8, 4) is 10.6 Å². The minimum Gasteiger partial charge on any atom is -0.379 e. The highest BCUT2D eigenvalue weighted by Crippen LogP contribution is 2.24. The quantitative estimate of drug-likeness (QED) is 0.614. The van der Waals surface area contributed by atoms with Crippen LogP contribution in [0.5, 0.6) is 0 Å². The Morgan fingerprint density at radius 3 is 2.71 bits per heavy atom. The van der Waals surface area contributed by atoms with Crippen LogP contribution in [0.15, 0.2) is 29.6 Å². The van der Waals surface area contributed by atoms with E-state index in [9.17, 15) is 4.79 Å². The van der Waals surface area contributed by atoms with Crippen LogP contribution in [0.3, 0.4) is 0 Å². The molecule has 5 nitrogen and oxygen atoms in total. The molecule has 1 aromatic heterocycles.